The highest BCUT2D eigenvalue weighted by Crippen LogP contribution is 2.44. The summed E-state index contributed by atoms with van der Waals surface area (Å²) in [4.78, 5) is 16.0. The Hall–Kier alpha value is -2.23. The first kappa shape index (κ1) is 11.6. The Kier molecular flexibility index (Phi) is 2.25. The van der Waals surface area contributed by atoms with E-state index in [0.717, 1.165) is 35.2 Å². The molecule has 1 aromatic heterocycles. The van der Waals surface area contributed by atoms with Gasteiger partial charge in [0.2, 0.25) is 0 Å². The molecular weight excluding hydrogens is 257 g/mol. The smallest absolute Gasteiger partial charge is 0.337 e. The minimum Gasteiger partial charge on any atom is -0.478 e. The summed E-state index contributed by atoms with van der Waals surface area (Å²) in [5.41, 5.74) is 4.52. The van der Waals surface area contributed by atoms with E-state index in [4.69, 9.17) is 0 Å². The van der Waals surface area contributed by atoms with Gasteiger partial charge in [0.05, 0.1) is 17.0 Å². The van der Waals surface area contributed by atoms with Crippen molar-refractivity contribution in [3.8, 4) is 11.3 Å². The lowest BCUT2D eigenvalue weighted by molar-refractivity contribution is 0.0695. The molecule has 0 unspecified atom stereocenters. The number of nitrogens with zero attached hydrogens (tertiary/aromatic N) is 1. The van der Waals surface area contributed by atoms with Crippen LogP contribution in [-0.4, -0.2) is 16.1 Å². The summed E-state index contributed by atoms with van der Waals surface area (Å²) in [6, 6.07) is 6.39. The molecule has 1 fully saturated rings. The lowest BCUT2D eigenvalue weighted by atomic mass is 10.0. The number of benzene rings is 1. The van der Waals surface area contributed by atoms with Crippen LogP contribution < -0.4 is 0 Å². The number of hydrogen-bond donors (Lipinski definition) is 1. The first-order valence-electron chi connectivity index (χ1n) is 6.69. The third-order valence-corrected chi connectivity index (χ3v) is 4.03. The number of halogens is 1. The van der Waals surface area contributed by atoms with Crippen LogP contribution in [0.15, 0.2) is 24.3 Å². The molecule has 1 aromatic carbocycles. The fraction of sp³-hybridized carbons (Fsp3) is 0.250. The zero-order valence-corrected chi connectivity index (χ0v) is 10.7. The number of carboxylic acid groups (broad SMARTS) is 1. The Morgan fingerprint density at radius 3 is 2.75 bits per heavy atom. The fourth-order valence-electron chi connectivity index (χ4n) is 2.92. The minimum atomic E-state index is -0.927. The second kappa shape index (κ2) is 3.88. The summed E-state index contributed by atoms with van der Waals surface area (Å²) in [6.07, 6.45) is 2.56. The van der Waals surface area contributed by atoms with Gasteiger partial charge in [-0.15, -0.1) is 0 Å². The topological polar surface area (TPSA) is 50.2 Å². The van der Waals surface area contributed by atoms with E-state index in [0.29, 0.717) is 17.7 Å². The van der Waals surface area contributed by atoms with Gasteiger partial charge in [-0.3, -0.25) is 4.98 Å². The lowest BCUT2D eigenvalue weighted by Crippen LogP contribution is -2.06. The molecular formula is C16H12FNO2. The molecule has 1 saturated carbocycles. The van der Waals surface area contributed by atoms with Crippen molar-refractivity contribution < 1.29 is 14.3 Å². The maximum Gasteiger partial charge on any atom is 0.337 e. The molecule has 0 aliphatic heterocycles. The molecule has 2 aliphatic carbocycles. The predicted molar refractivity (Wildman–Crippen MR) is 71.4 cm³/mol. The molecule has 0 saturated heterocycles. The van der Waals surface area contributed by atoms with Gasteiger partial charge in [0, 0.05) is 17.9 Å². The van der Waals surface area contributed by atoms with Crippen molar-refractivity contribution in [1.29, 1.82) is 0 Å². The highest BCUT2D eigenvalue weighted by Gasteiger charge is 2.32. The summed E-state index contributed by atoms with van der Waals surface area (Å²) in [7, 11) is 0. The molecule has 3 nitrogen and oxygen atoms in total. The Morgan fingerprint density at radius 2 is 2.05 bits per heavy atom. The number of fused-ring (bicyclic) bond motifs is 3. The minimum absolute atomic E-state index is 0.266. The van der Waals surface area contributed by atoms with Gasteiger partial charge in [0.1, 0.15) is 5.82 Å². The number of carboxylic acids is 1. The molecule has 0 spiro atoms. The predicted octanol–water partition coefficient (Wildman–Crippen LogP) is 3.37. The molecule has 1 N–H and O–H groups in total. The second-order valence-corrected chi connectivity index (χ2v) is 5.49. The maximum atomic E-state index is 13.3. The first-order valence-corrected chi connectivity index (χ1v) is 6.69. The summed E-state index contributed by atoms with van der Waals surface area (Å²) in [5.74, 6) is -0.919. The Bertz CT molecular complexity index is 750. The van der Waals surface area contributed by atoms with Gasteiger partial charge >= 0.3 is 5.97 Å². The number of hydrogen-bond acceptors (Lipinski definition) is 2. The van der Waals surface area contributed by atoms with Gasteiger partial charge < -0.3 is 5.11 Å². The number of rotatable bonds is 2. The van der Waals surface area contributed by atoms with E-state index < -0.39 is 5.97 Å². The summed E-state index contributed by atoms with van der Waals surface area (Å²) in [5, 5.41) is 9.33. The molecule has 2 aromatic rings. The third kappa shape index (κ3) is 1.64. The molecule has 20 heavy (non-hydrogen) atoms. The van der Waals surface area contributed by atoms with Gasteiger partial charge in [0.25, 0.3) is 0 Å². The van der Waals surface area contributed by atoms with Crippen molar-refractivity contribution in [1.82, 2.24) is 4.98 Å². The molecule has 1 heterocycles. The molecule has 4 heteroatoms. The van der Waals surface area contributed by atoms with Crippen LogP contribution in [0.4, 0.5) is 4.39 Å². The molecule has 100 valence electrons. The van der Waals surface area contributed by atoms with E-state index in [9.17, 15) is 14.3 Å². The zero-order chi connectivity index (χ0) is 13.9. The van der Waals surface area contributed by atoms with Crippen LogP contribution in [0.25, 0.3) is 11.3 Å². The van der Waals surface area contributed by atoms with Crippen LogP contribution >= 0.6 is 0 Å². The summed E-state index contributed by atoms with van der Waals surface area (Å²) in [6.45, 7) is 0. The third-order valence-electron chi connectivity index (χ3n) is 4.03. The van der Waals surface area contributed by atoms with E-state index in [1.807, 2.05) is 0 Å². The Labute approximate surface area is 115 Å². The van der Waals surface area contributed by atoms with E-state index in [-0.39, 0.29) is 11.7 Å². The number of aromatic nitrogens is 1. The Balaban J connectivity index is 1.92. The standard InChI is InChI=1S/C16H12FNO2/c17-11-3-4-12-9(6-11)5-10-7-13(16(19)20)14(8-1-2-8)18-15(10)12/h3-4,6-8H,1-2,5H2,(H,19,20). The second-order valence-electron chi connectivity index (χ2n) is 5.49. The largest absolute Gasteiger partial charge is 0.478 e. The van der Waals surface area contributed by atoms with Crippen molar-refractivity contribution in [3.63, 3.8) is 0 Å². The van der Waals surface area contributed by atoms with Crippen LogP contribution in [0.3, 0.4) is 0 Å². The molecule has 4 rings (SSSR count). The van der Waals surface area contributed by atoms with Crippen molar-refractivity contribution in [3.05, 3.63) is 52.5 Å². The molecule has 0 bridgehead atoms. The zero-order valence-electron chi connectivity index (χ0n) is 10.7. The normalized spacial score (nSPS) is 15.8. The maximum absolute atomic E-state index is 13.3. The highest BCUT2D eigenvalue weighted by molar-refractivity contribution is 5.91. The van der Waals surface area contributed by atoms with Crippen LogP contribution in [0, 0.1) is 5.82 Å². The van der Waals surface area contributed by atoms with Gasteiger partial charge in [-0.2, -0.15) is 0 Å². The van der Waals surface area contributed by atoms with Crippen molar-refractivity contribution in [2.75, 3.05) is 0 Å². The monoisotopic (exact) mass is 269 g/mol. The number of carbonyl (C=O) groups is 1. The average molecular weight is 269 g/mol. The van der Waals surface area contributed by atoms with Gasteiger partial charge in [-0.1, -0.05) is 0 Å². The van der Waals surface area contributed by atoms with Gasteiger partial charge in [-0.25, -0.2) is 9.18 Å². The fourth-order valence-corrected chi connectivity index (χ4v) is 2.92. The van der Waals surface area contributed by atoms with Crippen molar-refractivity contribution in [2.45, 2.75) is 25.2 Å². The van der Waals surface area contributed by atoms with E-state index in [2.05, 4.69) is 4.98 Å². The summed E-state index contributed by atoms with van der Waals surface area (Å²) >= 11 is 0. The van der Waals surface area contributed by atoms with Crippen molar-refractivity contribution in [2.24, 2.45) is 0 Å². The van der Waals surface area contributed by atoms with E-state index in [1.165, 1.54) is 12.1 Å². The quantitative estimate of drug-likeness (QED) is 0.776. The number of aromatic carboxylic acids is 1. The first-order chi connectivity index (χ1) is 9.63. The van der Waals surface area contributed by atoms with Crippen LogP contribution in [0.2, 0.25) is 0 Å². The van der Waals surface area contributed by atoms with Gasteiger partial charge in [-0.05, 0) is 48.2 Å². The molecule has 0 radical (unpaired) electrons. The molecule has 0 amide bonds. The van der Waals surface area contributed by atoms with E-state index >= 15 is 0 Å². The lowest BCUT2D eigenvalue weighted by Gasteiger charge is -2.08. The molecule has 0 atom stereocenters. The van der Waals surface area contributed by atoms with Crippen LogP contribution in [0.1, 0.15) is 45.9 Å². The van der Waals surface area contributed by atoms with E-state index in [1.54, 1.807) is 12.1 Å². The van der Waals surface area contributed by atoms with Gasteiger partial charge in [0.15, 0.2) is 0 Å². The SMILES string of the molecule is O=C(O)c1cc2c(nc1C1CC1)-c1ccc(F)cc1C2. The number of pyridine rings is 1. The van der Waals surface area contributed by atoms with Crippen LogP contribution in [-0.2, 0) is 6.42 Å². The Morgan fingerprint density at radius 1 is 1.25 bits per heavy atom. The average Bonchev–Trinajstić information content (AvgIpc) is 3.18. The molecule has 2 aliphatic rings. The highest BCUT2D eigenvalue weighted by atomic mass is 19.1. The van der Waals surface area contributed by atoms with Crippen molar-refractivity contribution >= 4 is 5.97 Å². The van der Waals surface area contributed by atoms with Crippen LogP contribution in [0.5, 0.6) is 0 Å². The summed E-state index contributed by atoms with van der Waals surface area (Å²) < 4.78 is 13.3.